The first-order valence-corrected chi connectivity index (χ1v) is 15.6. The zero-order valence-electron chi connectivity index (χ0n) is 26.3. The Hall–Kier alpha value is 3.22. The Morgan fingerprint density at radius 1 is 0.444 bits per heavy atom. The molecule has 0 radical (unpaired) electrons. The number of rotatable bonds is 4. The highest BCUT2D eigenvalue weighted by Crippen LogP contribution is 2.21. The quantitative estimate of drug-likeness (QED) is 0.226. The molecule has 0 aromatic heterocycles. The number of hydrogen-bond acceptors (Lipinski definition) is 8. The standard InChI is InChI=1S/C28H53BrN8.8BrH/c29-28-23-26(24-36-19-3-11-32-15-13-30-7-1-9-34-17-21-36)5-6-27(28)25-37-20-4-12-33-16-14-31-8-2-10-35-18-22-37;;;;;;;;/h5-6,23,30-35H,1-4,7-22,24-25H2;8*1H. The van der Waals surface area contributed by atoms with E-state index in [4.69, 9.17) is 0 Å². The highest BCUT2D eigenvalue weighted by Gasteiger charge is 2.12. The predicted molar refractivity (Wildman–Crippen MR) is 243 cm³/mol. The van der Waals surface area contributed by atoms with Gasteiger partial charge in [-0.25, -0.2) is 0 Å². The SMILES string of the molecule is Br.Br.Br.Br.Br.Br.Br.Br.Brc1cc(CN2CCCNCCNCCCNCC2)ccc1CN1CCCNCCNCCCNCC1. The average molecular weight is 1230 g/mol. The van der Waals surface area contributed by atoms with Crippen LogP contribution in [0, 0.1) is 0 Å². The minimum atomic E-state index is 0. The van der Waals surface area contributed by atoms with Crippen molar-refractivity contribution in [3.63, 3.8) is 0 Å². The van der Waals surface area contributed by atoms with Crippen molar-refractivity contribution in [2.45, 2.75) is 38.8 Å². The van der Waals surface area contributed by atoms with Crippen molar-refractivity contribution in [1.29, 1.82) is 0 Å². The fourth-order valence-electron chi connectivity index (χ4n) is 4.97. The molecule has 1 aromatic carbocycles. The lowest BCUT2D eigenvalue weighted by Gasteiger charge is -2.25. The van der Waals surface area contributed by atoms with Crippen molar-refractivity contribution in [2.75, 3.05) is 105 Å². The van der Waals surface area contributed by atoms with E-state index in [-0.39, 0.29) is 136 Å². The maximum Gasteiger partial charge on any atom is 0.0245 e. The van der Waals surface area contributed by atoms with Gasteiger partial charge in [0, 0.05) is 69.9 Å². The molecule has 0 unspecified atom stereocenters. The molecule has 0 amide bonds. The monoisotopic (exact) mass is 1220 g/mol. The number of nitrogens with one attached hydrogen (secondary N) is 6. The molecule has 2 saturated heterocycles. The van der Waals surface area contributed by atoms with Crippen LogP contribution in [0.5, 0.6) is 0 Å². The molecular weight excluding hydrogens is 1170 g/mol. The van der Waals surface area contributed by atoms with Crippen LogP contribution in [0.2, 0.25) is 0 Å². The van der Waals surface area contributed by atoms with E-state index in [1.54, 1.807) is 0 Å². The van der Waals surface area contributed by atoms with Gasteiger partial charge in [-0.3, -0.25) is 9.80 Å². The molecule has 0 aliphatic carbocycles. The van der Waals surface area contributed by atoms with Crippen LogP contribution in [0.3, 0.4) is 0 Å². The predicted octanol–water partition coefficient (Wildman–Crippen LogP) is 5.80. The van der Waals surface area contributed by atoms with Crippen molar-refractivity contribution < 1.29 is 0 Å². The Kier molecular flexibility index (Phi) is 55.8. The summed E-state index contributed by atoms with van der Waals surface area (Å²) in [6.45, 7) is 19.4. The smallest absolute Gasteiger partial charge is 0.0245 e. The largest absolute Gasteiger partial charge is 0.315 e. The molecule has 2 fully saturated rings. The summed E-state index contributed by atoms with van der Waals surface area (Å²) in [6.07, 6.45) is 4.75. The van der Waals surface area contributed by atoms with E-state index >= 15 is 0 Å². The lowest BCUT2D eigenvalue weighted by Crippen LogP contribution is -2.37. The van der Waals surface area contributed by atoms with E-state index in [1.165, 1.54) is 41.3 Å². The van der Waals surface area contributed by atoms with Gasteiger partial charge < -0.3 is 31.9 Å². The second-order valence-electron chi connectivity index (χ2n) is 10.4. The van der Waals surface area contributed by atoms with Gasteiger partial charge in [0.2, 0.25) is 0 Å². The molecule has 17 heteroatoms. The molecule has 2 aliphatic rings. The maximum atomic E-state index is 3.92. The summed E-state index contributed by atoms with van der Waals surface area (Å²) in [6, 6.07) is 7.05. The fourth-order valence-corrected chi connectivity index (χ4v) is 5.52. The van der Waals surface area contributed by atoms with Crippen molar-refractivity contribution in [1.82, 2.24) is 41.7 Å². The minimum Gasteiger partial charge on any atom is -0.315 e. The van der Waals surface area contributed by atoms with Crippen LogP contribution in [0.4, 0.5) is 0 Å². The van der Waals surface area contributed by atoms with E-state index in [2.05, 4.69) is 75.8 Å². The summed E-state index contributed by atoms with van der Waals surface area (Å²) in [5.41, 5.74) is 2.79. The van der Waals surface area contributed by atoms with Gasteiger partial charge in [-0.15, -0.1) is 136 Å². The van der Waals surface area contributed by atoms with Gasteiger partial charge in [0.25, 0.3) is 0 Å². The van der Waals surface area contributed by atoms with Gasteiger partial charge >= 0.3 is 0 Å². The van der Waals surface area contributed by atoms with Crippen LogP contribution in [0.1, 0.15) is 36.8 Å². The van der Waals surface area contributed by atoms with Gasteiger partial charge in [-0.05, 0) is 95.2 Å². The molecule has 276 valence electrons. The van der Waals surface area contributed by atoms with Crippen molar-refractivity contribution in [2.24, 2.45) is 0 Å². The first-order chi connectivity index (χ1) is 18.3. The molecule has 8 nitrogen and oxygen atoms in total. The summed E-state index contributed by atoms with van der Waals surface area (Å²) in [5, 5.41) is 21.4. The molecule has 2 heterocycles. The van der Waals surface area contributed by atoms with Crippen molar-refractivity contribution in [3.8, 4) is 0 Å². The highest BCUT2D eigenvalue weighted by molar-refractivity contribution is 9.10. The number of hydrogen-bond donors (Lipinski definition) is 6. The summed E-state index contributed by atoms with van der Waals surface area (Å²) >= 11 is 3.92. The second-order valence-corrected chi connectivity index (χ2v) is 11.2. The molecule has 3 rings (SSSR count). The lowest BCUT2D eigenvalue weighted by atomic mass is 10.1. The number of benzene rings is 1. The van der Waals surface area contributed by atoms with Crippen LogP contribution < -0.4 is 31.9 Å². The first-order valence-electron chi connectivity index (χ1n) is 14.8. The third-order valence-electron chi connectivity index (χ3n) is 7.15. The van der Waals surface area contributed by atoms with Gasteiger partial charge in [-0.2, -0.15) is 0 Å². The Bertz CT molecular complexity index is 705. The zero-order chi connectivity index (χ0) is 25.8. The second kappa shape index (κ2) is 41.6. The Morgan fingerprint density at radius 2 is 0.822 bits per heavy atom. The molecule has 0 bridgehead atoms. The fraction of sp³-hybridized carbons (Fsp3) is 0.786. The molecular formula is C28H61Br9N8. The molecule has 6 N–H and O–H groups in total. The van der Waals surface area contributed by atoms with Crippen LogP contribution in [-0.2, 0) is 13.1 Å². The Labute approximate surface area is 366 Å². The molecule has 0 spiro atoms. The maximum absolute atomic E-state index is 3.92. The number of halogens is 9. The third-order valence-corrected chi connectivity index (χ3v) is 7.89. The van der Waals surface area contributed by atoms with E-state index < -0.39 is 0 Å². The van der Waals surface area contributed by atoms with Crippen molar-refractivity contribution in [3.05, 3.63) is 33.8 Å². The molecule has 0 atom stereocenters. The Balaban J connectivity index is -0.000000475. The number of nitrogens with zero attached hydrogens (tertiary/aromatic N) is 2. The van der Waals surface area contributed by atoms with Crippen LogP contribution >= 0.6 is 152 Å². The van der Waals surface area contributed by atoms with Gasteiger partial charge in [0.15, 0.2) is 0 Å². The van der Waals surface area contributed by atoms with Crippen LogP contribution in [-0.4, -0.2) is 115 Å². The highest BCUT2D eigenvalue weighted by atomic mass is 79.9. The normalized spacial score (nSPS) is 18.6. The molecule has 2 aliphatic heterocycles. The zero-order valence-corrected chi connectivity index (χ0v) is 41.6. The minimum absolute atomic E-state index is 0. The van der Waals surface area contributed by atoms with Crippen molar-refractivity contribution >= 4 is 152 Å². The summed E-state index contributed by atoms with van der Waals surface area (Å²) in [7, 11) is 0. The summed E-state index contributed by atoms with van der Waals surface area (Å²) in [5.74, 6) is 0. The molecule has 45 heavy (non-hydrogen) atoms. The van der Waals surface area contributed by atoms with Gasteiger partial charge in [-0.1, -0.05) is 28.1 Å². The van der Waals surface area contributed by atoms with E-state index in [9.17, 15) is 0 Å². The topological polar surface area (TPSA) is 78.7 Å². The van der Waals surface area contributed by atoms with E-state index in [1.807, 2.05) is 0 Å². The summed E-state index contributed by atoms with van der Waals surface area (Å²) < 4.78 is 1.25. The average Bonchev–Trinajstić information content (AvgIpc) is 2.90. The van der Waals surface area contributed by atoms with Gasteiger partial charge in [0.1, 0.15) is 0 Å². The summed E-state index contributed by atoms with van der Waals surface area (Å²) in [4.78, 5) is 5.21. The van der Waals surface area contributed by atoms with E-state index in [0.717, 1.165) is 118 Å². The van der Waals surface area contributed by atoms with Crippen LogP contribution in [0.15, 0.2) is 22.7 Å². The first kappa shape index (κ1) is 60.3. The lowest BCUT2D eigenvalue weighted by molar-refractivity contribution is 0.257. The van der Waals surface area contributed by atoms with Gasteiger partial charge in [0.05, 0.1) is 0 Å². The Morgan fingerprint density at radius 3 is 1.24 bits per heavy atom. The van der Waals surface area contributed by atoms with Crippen LogP contribution in [0.25, 0.3) is 0 Å². The molecule has 1 aromatic rings. The van der Waals surface area contributed by atoms with E-state index in [0.29, 0.717) is 0 Å². The third kappa shape index (κ3) is 30.5. The molecule has 0 saturated carbocycles.